The summed E-state index contributed by atoms with van der Waals surface area (Å²) in [4.78, 5) is 15.3. The van der Waals surface area contributed by atoms with Gasteiger partial charge < -0.3 is 4.74 Å². The zero-order valence-electron chi connectivity index (χ0n) is 10.7. The van der Waals surface area contributed by atoms with Crippen LogP contribution >= 0.6 is 0 Å². The maximum Gasteiger partial charge on any atom is 0.266 e. The first-order chi connectivity index (χ1) is 9.70. The average Bonchev–Trinajstić information content (AvgIpc) is 2.49. The smallest absolute Gasteiger partial charge is 0.266 e. The lowest BCUT2D eigenvalue weighted by Gasteiger charge is -2.05. The Morgan fingerprint density at radius 1 is 1.25 bits per heavy atom. The van der Waals surface area contributed by atoms with Crippen molar-refractivity contribution in [2.45, 2.75) is 13.2 Å². The van der Waals surface area contributed by atoms with Gasteiger partial charge in [-0.25, -0.2) is 10.2 Å². The monoisotopic (exact) mass is 275 g/mol. The summed E-state index contributed by atoms with van der Waals surface area (Å²) in [5.74, 6) is 4.31. The summed E-state index contributed by atoms with van der Waals surface area (Å²) in [5, 5.41) is 0. The van der Waals surface area contributed by atoms with Gasteiger partial charge in [0.15, 0.2) is 0 Å². The molecule has 1 amide bonds. The molecular weight excluding hydrogens is 261 g/mol. The molecule has 0 aliphatic heterocycles. The number of halogens is 1. The van der Waals surface area contributed by atoms with Gasteiger partial charge in [0.25, 0.3) is 5.91 Å². The summed E-state index contributed by atoms with van der Waals surface area (Å²) in [6, 6.07) is 9.68. The van der Waals surface area contributed by atoms with Crippen molar-refractivity contribution in [1.29, 1.82) is 0 Å². The Morgan fingerprint density at radius 2 is 2.05 bits per heavy atom. The number of nitrogen functional groups attached to an aromatic ring is 1. The van der Waals surface area contributed by atoms with Crippen molar-refractivity contribution in [3.63, 3.8) is 0 Å². The van der Waals surface area contributed by atoms with Gasteiger partial charge in [-0.2, -0.15) is 0 Å². The Bertz CT molecular complexity index is 587. The van der Waals surface area contributed by atoms with Crippen LogP contribution in [0.4, 0.5) is 4.39 Å². The summed E-state index contributed by atoms with van der Waals surface area (Å²) < 4.78 is 18.7. The molecule has 1 aromatic carbocycles. The third-order valence-corrected chi connectivity index (χ3v) is 2.68. The minimum absolute atomic E-state index is 0.166. The SMILES string of the molecule is NNC(=O)c1ccc(COCc2ccccc2F)nc1. The molecule has 1 aromatic heterocycles. The molecule has 0 spiro atoms. The Kier molecular flexibility index (Phi) is 4.75. The van der Waals surface area contributed by atoms with Gasteiger partial charge in [-0.1, -0.05) is 18.2 Å². The minimum Gasteiger partial charge on any atom is -0.370 e. The molecule has 2 rings (SSSR count). The number of amides is 1. The van der Waals surface area contributed by atoms with Crippen LogP contribution < -0.4 is 11.3 Å². The largest absolute Gasteiger partial charge is 0.370 e. The number of hydrogen-bond acceptors (Lipinski definition) is 4. The van der Waals surface area contributed by atoms with Gasteiger partial charge in [-0.3, -0.25) is 15.2 Å². The van der Waals surface area contributed by atoms with Crippen LogP contribution in [-0.2, 0) is 18.0 Å². The summed E-state index contributed by atoms with van der Waals surface area (Å²) in [6.07, 6.45) is 1.41. The number of aromatic nitrogens is 1. The number of rotatable bonds is 5. The summed E-state index contributed by atoms with van der Waals surface area (Å²) in [7, 11) is 0. The van der Waals surface area contributed by atoms with Crippen LogP contribution in [0.5, 0.6) is 0 Å². The van der Waals surface area contributed by atoms with Crippen LogP contribution in [0.1, 0.15) is 21.6 Å². The average molecular weight is 275 g/mol. The van der Waals surface area contributed by atoms with Gasteiger partial charge in [0, 0.05) is 11.8 Å². The number of nitrogens with one attached hydrogen (secondary N) is 1. The van der Waals surface area contributed by atoms with Crippen molar-refractivity contribution in [1.82, 2.24) is 10.4 Å². The summed E-state index contributed by atoms with van der Waals surface area (Å²) in [6.45, 7) is 0.401. The zero-order valence-corrected chi connectivity index (χ0v) is 10.7. The fourth-order valence-corrected chi connectivity index (χ4v) is 1.61. The molecule has 6 heteroatoms. The number of nitrogens with zero attached hydrogens (tertiary/aromatic N) is 1. The number of pyridine rings is 1. The number of benzene rings is 1. The van der Waals surface area contributed by atoms with Gasteiger partial charge in [-0.15, -0.1) is 0 Å². The molecule has 0 radical (unpaired) electrons. The molecule has 20 heavy (non-hydrogen) atoms. The second-order valence-corrected chi connectivity index (χ2v) is 4.10. The van der Waals surface area contributed by atoms with E-state index < -0.39 is 5.91 Å². The second kappa shape index (κ2) is 6.74. The van der Waals surface area contributed by atoms with Crippen LogP contribution in [0.15, 0.2) is 42.6 Å². The van der Waals surface area contributed by atoms with Crippen molar-refractivity contribution < 1.29 is 13.9 Å². The molecule has 0 unspecified atom stereocenters. The van der Waals surface area contributed by atoms with Gasteiger partial charge in [0.05, 0.1) is 24.5 Å². The Hall–Kier alpha value is -2.31. The minimum atomic E-state index is -0.406. The van der Waals surface area contributed by atoms with E-state index in [0.29, 0.717) is 16.8 Å². The highest BCUT2D eigenvalue weighted by Crippen LogP contribution is 2.09. The first kappa shape index (κ1) is 14.1. The van der Waals surface area contributed by atoms with Crippen LogP contribution in [0, 0.1) is 5.82 Å². The number of nitrogens with two attached hydrogens (primary N) is 1. The molecule has 0 atom stereocenters. The van der Waals surface area contributed by atoms with Gasteiger partial charge in [0.2, 0.25) is 0 Å². The highest BCUT2D eigenvalue weighted by molar-refractivity contribution is 5.93. The number of carbonyl (C=O) groups is 1. The van der Waals surface area contributed by atoms with Gasteiger partial charge >= 0.3 is 0 Å². The first-order valence-corrected chi connectivity index (χ1v) is 5.97. The second-order valence-electron chi connectivity index (χ2n) is 4.10. The van der Waals surface area contributed by atoms with E-state index >= 15 is 0 Å². The van der Waals surface area contributed by atoms with Crippen molar-refractivity contribution >= 4 is 5.91 Å². The predicted molar refractivity (Wildman–Crippen MR) is 70.8 cm³/mol. The molecule has 0 fully saturated rings. The van der Waals surface area contributed by atoms with E-state index in [2.05, 4.69) is 4.98 Å². The summed E-state index contributed by atoms with van der Waals surface area (Å²) >= 11 is 0. The third-order valence-electron chi connectivity index (χ3n) is 2.68. The lowest BCUT2D eigenvalue weighted by molar-refractivity contribution is 0.0951. The van der Waals surface area contributed by atoms with E-state index in [-0.39, 0.29) is 19.0 Å². The van der Waals surface area contributed by atoms with Crippen LogP contribution in [-0.4, -0.2) is 10.9 Å². The predicted octanol–water partition coefficient (Wildman–Crippen LogP) is 1.54. The van der Waals surface area contributed by atoms with Crippen molar-refractivity contribution in [2.24, 2.45) is 5.84 Å². The summed E-state index contributed by atoms with van der Waals surface area (Å²) in [5.41, 5.74) is 3.53. The molecule has 0 saturated heterocycles. The van der Waals surface area contributed by atoms with E-state index in [4.69, 9.17) is 10.6 Å². The molecule has 0 aliphatic carbocycles. The van der Waals surface area contributed by atoms with Crippen molar-refractivity contribution in [2.75, 3.05) is 0 Å². The molecular formula is C14H14FN3O2. The van der Waals surface area contributed by atoms with Crippen molar-refractivity contribution in [3.05, 3.63) is 65.2 Å². The lowest BCUT2D eigenvalue weighted by atomic mass is 10.2. The van der Waals surface area contributed by atoms with Gasteiger partial charge in [-0.05, 0) is 18.2 Å². The fraction of sp³-hybridized carbons (Fsp3) is 0.143. The molecule has 2 aromatic rings. The molecule has 0 saturated carbocycles. The van der Waals surface area contributed by atoms with E-state index in [1.54, 1.807) is 30.3 Å². The third kappa shape index (κ3) is 3.59. The number of hydrogen-bond donors (Lipinski definition) is 2. The Morgan fingerprint density at radius 3 is 2.70 bits per heavy atom. The van der Waals surface area contributed by atoms with E-state index in [1.165, 1.54) is 12.3 Å². The molecule has 5 nitrogen and oxygen atoms in total. The first-order valence-electron chi connectivity index (χ1n) is 5.97. The number of carbonyl (C=O) groups excluding carboxylic acids is 1. The Balaban J connectivity index is 1.88. The fourth-order valence-electron chi connectivity index (χ4n) is 1.61. The van der Waals surface area contributed by atoms with E-state index in [9.17, 15) is 9.18 Å². The van der Waals surface area contributed by atoms with Crippen LogP contribution in [0.2, 0.25) is 0 Å². The highest BCUT2D eigenvalue weighted by atomic mass is 19.1. The quantitative estimate of drug-likeness (QED) is 0.493. The number of ether oxygens (including phenoxy) is 1. The number of hydrazine groups is 1. The standard InChI is InChI=1S/C14H14FN3O2/c15-13-4-2-1-3-11(13)8-20-9-12-6-5-10(7-17-12)14(19)18-16/h1-7H,8-9,16H2,(H,18,19). The van der Waals surface area contributed by atoms with Crippen LogP contribution in [0.3, 0.4) is 0 Å². The lowest BCUT2D eigenvalue weighted by Crippen LogP contribution is -2.30. The Labute approximate surface area is 115 Å². The van der Waals surface area contributed by atoms with Crippen molar-refractivity contribution in [3.8, 4) is 0 Å². The molecule has 0 aliphatic rings. The maximum atomic E-state index is 13.3. The topological polar surface area (TPSA) is 77.2 Å². The van der Waals surface area contributed by atoms with E-state index in [1.807, 2.05) is 5.43 Å². The highest BCUT2D eigenvalue weighted by Gasteiger charge is 2.05. The maximum absolute atomic E-state index is 13.3. The molecule has 104 valence electrons. The van der Waals surface area contributed by atoms with Crippen LogP contribution in [0.25, 0.3) is 0 Å². The van der Waals surface area contributed by atoms with Gasteiger partial charge in [0.1, 0.15) is 5.82 Å². The zero-order chi connectivity index (χ0) is 14.4. The normalized spacial score (nSPS) is 10.3. The molecule has 0 bridgehead atoms. The molecule has 3 N–H and O–H groups in total. The van der Waals surface area contributed by atoms with E-state index in [0.717, 1.165) is 0 Å². The molecule has 1 heterocycles.